The molecule has 0 aliphatic carbocycles. The number of hydrogen-bond acceptors (Lipinski definition) is 6. The highest BCUT2D eigenvalue weighted by Gasteiger charge is 2.29. The summed E-state index contributed by atoms with van der Waals surface area (Å²) in [7, 11) is 0. The minimum Gasteiger partial charge on any atom is -0.450 e. The zero-order valence-electron chi connectivity index (χ0n) is 16.8. The summed E-state index contributed by atoms with van der Waals surface area (Å²) in [4.78, 5) is 50.8. The summed E-state index contributed by atoms with van der Waals surface area (Å²) in [6, 6.07) is 2.08. The monoisotopic (exact) mass is 438 g/mol. The fourth-order valence-electron chi connectivity index (χ4n) is 3.89. The summed E-state index contributed by atoms with van der Waals surface area (Å²) in [6.45, 7) is 4.74. The Balaban J connectivity index is 2.13. The van der Waals surface area contributed by atoms with Gasteiger partial charge in [-0.05, 0) is 32.3 Å². The first-order valence-electron chi connectivity index (χ1n) is 9.84. The molecule has 0 atom stereocenters. The SMILES string of the molecule is CCCn1c(=O)n(C2CCN(C(=O)OCC)CC2)c(=O)c2cc(Cl)cc([N+](=O)[O-])c21. The van der Waals surface area contributed by atoms with Crippen molar-refractivity contribution < 1.29 is 14.5 Å². The second kappa shape index (κ2) is 8.86. The molecule has 0 N–H and O–H groups in total. The molecule has 30 heavy (non-hydrogen) atoms. The lowest BCUT2D eigenvalue weighted by molar-refractivity contribution is -0.383. The van der Waals surface area contributed by atoms with Crippen LogP contribution in [-0.2, 0) is 11.3 Å². The van der Waals surface area contributed by atoms with E-state index < -0.39 is 28.3 Å². The Morgan fingerprint density at radius 2 is 1.93 bits per heavy atom. The normalized spacial score (nSPS) is 14.8. The minimum atomic E-state index is -0.637. The minimum absolute atomic E-state index is 0.0125. The summed E-state index contributed by atoms with van der Waals surface area (Å²) in [6.07, 6.45) is 0.921. The third-order valence-corrected chi connectivity index (χ3v) is 5.43. The van der Waals surface area contributed by atoms with E-state index in [1.807, 2.05) is 6.92 Å². The average Bonchev–Trinajstić information content (AvgIpc) is 2.71. The second-order valence-electron chi connectivity index (χ2n) is 7.10. The number of aryl methyl sites for hydroxylation is 1. The third-order valence-electron chi connectivity index (χ3n) is 5.21. The number of carbonyl (C=O) groups is 1. The number of rotatable bonds is 5. The first-order chi connectivity index (χ1) is 14.3. The van der Waals surface area contributed by atoms with Gasteiger partial charge >= 0.3 is 11.8 Å². The van der Waals surface area contributed by atoms with Gasteiger partial charge in [-0.1, -0.05) is 18.5 Å². The molecule has 1 aromatic heterocycles. The number of carbonyl (C=O) groups excluding carboxylic acids is 1. The Bertz CT molecular complexity index is 1100. The summed E-state index contributed by atoms with van der Waals surface area (Å²) in [5, 5.41) is 11.6. The zero-order chi connectivity index (χ0) is 22.0. The number of likely N-dealkylation sites (tertiary alicyclic amines) is 1. The number of aromatic nitrogens is 2. The van der Waals surface area contributed by atoms with Crippen LogP contribution in [0.5, 0.6) is 0 Å². The molecule has 2 aromatic rings. The molecule has 1 aromatic carbocycles. The van der Waals surface area contributed by atoms with Crippen LogP contribution in [0.1, 0.15) is 39.2 Å². The highest BCUT2D eigenvalue weighted by atomic mass is 35.5. The van der Waals surface area contributed by atoms with Crippen LogP contribution in [0.4, 0.5) is 10.5 Å². The Hall–Kier alpha value is -2.88. The molecule has 0 spiro atoms. The van der Waals surface area contributed by atoms with E-state index in [1.54, 1.807) is 11.8 Å². The average molecular weight is 439 g/mol. The number of ether oxygens (including phenoxy) is 1. The van der Waals surface area contributed by atoms with Crippen molar-refractivity contribution in [2.75, 3.05) is 19.7 Å². The molecule has 0 radical (unpaired) electrons. The van der Waals surface area contributed by atoms with Crippen LogP contribution in [-0.4, -0.2) is 44.7 Å². The molecule has 1 aliphatic rings. The van der Waals surface area contributed by atoms with Crippen molar-refractivity contribution in [3.8, 4) is 0 Å². The van der Waals surface area contributed by atoms with Crippen molar-refractivity contribution in [3.05, 3.63) is 48.1 Å². The predicted molar refractivity (Wildman–Crippen MR) is 111 cm³/mol. The van der Waals surface area contributed by atoms with Crippen molar-refractivity contribution >= 4 is 34.3 Å². The predicted octanol–water partition coefficient (Wildman–Crippen LogP) is 2.93. The molecule has 0 unspecified atom stereocenters. The number of nitro groups is 1. The van der Waals surface area contributed by atoms with Crippen molar-refractivity contribution in [1.29, 1.82) is 0 Å². The van der Waals surface area contributed by atoms with E-state index in [2.05, 4.69) is 0 Å². The third kappa shape index (κ3) is 3.91. The van der Waals surface area contributed by atoms with Gasteiger partial charge in [0.25, 0.3) is 11.2 Å². The molecule has 11 heteroatoms. The van der Waals surface area contributed by atoms with Gasteiger partial charge in [0.2, 0.25) is 0 Å². The first kappa shape index (κ1) is 21.8. The quantitative estimate of drug-likeness (QED) is 0.523. The molecular weight excluding hydrogens is 416 g/mol. The highest BCUT2D eigenvalue weighted by molar-refractivity contribution is 6.31. The van der Waals surface area contributed by atoms with Crippen molar-refractivity contribution in [3.63, 3.8) is 0 Å². The van der Waals surface area contributed by atoms with Gasteiger partial charge in [0, 0.05) is 36.8 Å². The second-order valence-corrected chi connectivity index (χ2v) is 7.54. The molecule has 1 saturated heterocycles. The molecule has 1 fully saturated rings. The maximum absolute atomic E-state index is 13.2. The topological polar surface area (TPSA) is 117 Å². The van der Waals surface area contributed by atoms with Gasteiger partial charge in [0.1, 0.15) is 5.52 Å². The number of halogens is 1. The van der Waals surface area contributed by atoms with Crippen LogP contribution in [0.2, 0.25) is 5.02 Å². The van der Waals surface area contributed by atoms with E-state index in [0.717, 1.165) is 10.6 Å². The fraction of sp³-hybridized carbons (Fsp3) is 0.526. The molecule has 1 aliphatic heterocycles. The Morgan fingerprint density at radius 1 is 1.27 bits per heavy atom. The van der Waals surface area contributed by atoms with Crippen LogP contribution in [0, 0.1) is 10.1 Å². The van der Waals surface area contributed by atoms with E-state index in [9.17, 15) is 24.5 Å². The lowest BCUT2D eigenvalue weighted by Gasteiger charge is -2.32. The largest absolute Gasteiger partial charge is 0.450 e. The standard InChI is InChI=1S/C19H23ClN4O6/c1-3-7-22-16-14(10-12(20)11-15(16)24(28)29)17(25)23(18(22)26)13-5-8-21(9-6-13)19(27)30-4-2/h10-11,13H,3-9H2,1-2H3. The fourth-order valence-corrected chi connectivity index (χ4v) is 4.10. The Labute approximate surface area is 176 Å². The number of piperidine rings is 1. The number of hydrogen-bond donors (Lipinski definition) is 0. The van der Waals surface area contributed by atoms with Gasteiger partial charge in [0.15, 0.2) is 0 Å². The number of benzene rings is 1. The summed E-state index contributed by atoms with van der Waals surface area (Å²) in [5.74, 6) is 0. The lowest BCUT2D eigenvalue weighted by atomic mass is 10.0. The number of nitrogens with zero attached hydrogens (tertiary/aromatic N) is 4. The maximum atomic E-state index is 13.2. The number of fused-ring (bicyclic) bond motifs is 1. The highest BCUT2D eigenvalue weighted by Crippen LogP contribution is 2.28. The molecular formula is C19H23ClN4O6. The van der Waals surface area contributed by atoms with Gasteiger partial charge in [-0.25, -0.2) is 9.59 Å². The summed E-state index contributed by atoms with van der Waals surface area (Å²) in [5.41, 5.74) is -1.58. The smallest absolute Gasteiger partial charge is 0.409 e. The molecule has 1 amide bonds. The van der Waals surface area contributed by atoms with E-state index in [0.29, 0.717) is 32.4 Å². The first-order valence-corrected chi connectivity index (χ1v) is 10.2. The van der Waals surface area contributed by atoms with Crippen molar-refractivity contribution in [1.82, 2.24) is 14.0 Å². The van der Waals surface area contributed by atoms with E-state index >= 15 is 0 Å². The molecule has 2 heterocycles. The molecule has 3 rings (SSSR count). The van der Waals surface area contributed by atoms with Crippen LogP contribution in [0.25, 0.3) is 10.9 Å². The summed E-state index contributed by atoms with van der Waals surface area (Å²) >= 11 is 6.03. The molecule has 0 saturated carbocycles. The molecule has 10 nitrogen and oxygen atoms in total. The maximum Gasteiger partial charge on any atom is 0.409 e. The summed E-state index contributed by atoms with van der Waals surface area (Å²) < 4.78 is 7.44. The van der Waals surface area contributed by atoms with Crippen LogP contribution in [0.15, 0.2) is 21.7 Å². The van der Waals surface area contributed by atoms with Crippen LogP contribution < -0.4 is 11.2 Å². The van der Waals surface area contributed by atoms with E-state index in [4.69, 9.17) is 16.3 Å². The molecule has 162 valence electrons. The number of non-ortho nitro benzene ring substituents is 1. The van der Waals surface area contributed by atoms with Crippen molar-refractivity contribution in [2.45, 2.75) is 45.7 Å². The Kier molecular flexibility index (Phi) is 6.45. The zero-order valence-corrected chi connectivity index (χ0v) is 17.6. The van der Waals surface area contributed by atoms with Gasteiger partial charge in [-0.3, -0.25) is 24.0 Å². The van der Waals surface area contributed by atoms with E-state index in [1.165, 1.54) is 10.6 Å². The number of nitro benzene ring substituents is 1. The lowest BCUT2D eigenvalue weighted by Crippen LogP contribution is -2.47. The van der Waals surface area contributed by atoms with Gasteiger partial charge < -0.3 is 9.64 Å². The van der Waals surface area contributed by atoms with Gasteiger partial charge in [-0.15, -0.1) is 0 Å². The van der Waals surface area contributed by atoms with Gasteiger partial charge in [-0.2, -0.15) is 0 Å². The van der Waals surface area contributed by atoms with E-state index in [-0.39, 0.29) is 34.8 Å². The Morgan fingerprint density at radius 3 is 2.50 bits per heavy atom. The van der Waals surface area contributed by atoms with Gasteiger partial charge in [0.05, 0.1) is 16.9 Å². The number of amides is 1. The van der Waals surface area contributed by atoms with Crippen molar-refractivity contribution in [2.24, 2.45) is 0 Å². The van der Waals surface area contributed by atoms with Crippen LogP contribution >= 0.6 is 11.6 Å². The van der Waals surface area contributed by atoms with Crippen LogP contribution in [0.3, 0.4) is 0 Å². The molecule has 0 bridgehead atoms.